The topological polar surface area (TPSA) is 58.6 Å². The fourth-order valence-electron chi connectivity index (χ4n) is 2.71. The third kappa shape index (κ3) is 2.15. The van der Waals surface area contributed by atoms with Gasteiger partial charge < -0.3 is 0 Å². The van der Waals surface area contributed by atoms with E-state index in [9.17, 15) is 4.79 Å². The molecule has 4 rings (SSSR count). The zero-order valence-electron chi connectivity index (χ0n) is 11.8. The van der Waals surface area contributed by atoms with Gasteiger partial charge in [0.25, 0.3) is 5.56 Å². The number of para-hydroxylation sites is 1. The van der Waals surface area contributed by atoms with E-state index in [1.54, 1.807) is 0 Å². The maximum absolute atomic E-state index is 11.8. The van der Waals surface area contributed by atoms with E-state index >= 15 is 0 Å². The number of nitrogens with zero attached hydrogens (tertiary/aromatic N) is 2. The number of H-pyrrole nitrogens is 1. The Morgan fingerprint density at radius 3 is 2.64 bits per heavy atom. The predicted molar refractivity (Wildman–Crippen MR) is 86.9 cm³/mol. The molecule has 4 aromatic rings. The van der Waals surface area contributed by atoms with Crippen molar-refractivity contribution in [3.8, 4) is 0 Å². The maximum Gasteiger partial charge on any atom is 0.272 e. The van der Waals surface area contributed by atoms with E-state index in [0.29, 0.717) is 11.8 Å². The summed E-state index contributed by atoms with van der Waals surface area (Å²) in [7, 11) is 0. The number of benzene rings is 2. The number of hydrogen-bond donors (Lipinski definition) is 1. The minimum atomic E-state index is -0.156. The van der Waals surface area contributed by atoms with E-state index in [4.69, 9.17) is 0 Å². The van der Waals surface area contributed by atoms with Gasteiger partial charge in [0, 0.05) is 23.4 Å². The van der Waals surface area contributed by atoms with Gasteiger partial charge in [-0.2, -0.15) is 5.10 Å². The fraction of sp³-hybridized carbons (Fsp3) is 0.0556. The molecule has 2 aromatic carbocycles. The van der Waals surface area contributed by atoms with Crippen LogP contribution in [0.4, 0.5) is 0 Å². The molecule has 0 bridgehead atoms. The van der Waals surface area contributed by atoms with Crippen molar-refractivity contribution >= 4 is 21.7 Å². The Morgan fingerprint density at radius 1 is 0.955 bits per heavy atom. The molecule has 0 unspecified atom stereocenters. The standard InChI is InChI=1S/C18H13N3O/c22-18-15-7-3-2-6-14(15)17(20-21-18)10-12-9-13-5-1-4-8-16(13)19-11-12/h1-9,11H,10H2,(H,21,22). The second-order valence-electron chi connectivity index (χ2n) is 5.26. The molecule has 4 heteroatoms. The molecular formula is C18H13N3O. The molecule has 106 valence electrons. The molecule has 4 nitrogen and oxygen atoms in total. The molecular weight excluding hydrogens is 274 g/mol. The summed E-state index contributed by atoms with van der Waals surface area (Å²) in [5.41, 5.74) is 2.75. The lowest BCUT2D eigenvalue weighted by Crippen LogP contribution is -2.11. The Morgan fingerprint density at radius 2 is 1.73 bits per heavy atom. The molecule has 0 saturated heterocycles. The first-order valence-electron chi connectivity index (χ1n) is 7.11. The first-order valence-corrected chi connectivity index (χ1v) is 7.11. The average Bonchev–Trinajstić information content (AvgIpc) is 2.58. The van der Waals surface area contributed by atoms with Gasteiger partial charge in [0.15, 0.2) is 0 Å². The number of nitrogens with one attached hydrogen (secondary N) is 1. The summed E-state index contributed by atoms with van der Waals surface area (Å²) in [5, 5.41) is 9.45. The number of aromatic amines is 1. The number of hydrogen-bond acceptors (Lipinski definition) is 3. The normalized spacial score (nSPS) is 11.1. The van der Waals surface area contributed by atoms with Crippen molar-refractivity contribution in [3.05, 3.63) is 82.4 Å². The summed E-state index contributed by atoms with van der Waals surface area (Å²) in [6, 6.07) is 17.7. The average molecular weight is 287 g/mol. The van der Waals surface area contributed by atoms with E-state index < -0.39 is 0 Å². The van der Waals surface area contributed by atoms with Crippen LogP contribution in [0.25, 0.3) is 21.7 Å². The molecule has 0 atom stereocenters. The molecule has 0 spiro atoms. The van der Waals surface area contributed by atoms with Crippen molar-refractivity contribution in [1.82, 2.24) is 15.2 Å². The SMILES string of the molecule is O=c1[nH]nc(Cc2cnc3ccccc3c2)c2ccccc12. The Bertz CT molecular complexity index is 1040. The molecule has 2 aromatic heterocycles. The van der Waals surface area contributed by atoms with Crippen molar-refractivity contribution in [2.75, 3.05) is 0 Å². The Hall–Kier alpha value is -3.01. The molecule has 0 aliphatic heterocycles. The van der Waals surface area contributed by atoms with Crippen LogP contribution in [0.5, 0.6) is 0 Å². The lowest BCUT2D eigenvalue weighted by Gasteiger charge is -2.06. The van der Waals surface area contributed by atoms with Gasteiger partial charge in [-0.1, -0.05) is 36.4 Å². The molecule has 0 fully saturated rings. The summed E-state index contributed by atoms with van der Waals surface area (Å²) >= 11 is 0. The van der Waals surface area contributed by atoms with Crippen LogP contribution in [0.1, 0.15) is 11.3 Å². The van der Waals surface area contributed by atoms with E-state index in [0.717, 1.165) is 27.5 Å². The zero-order valence-corrected chi connectivity index (χ0v) is 11.8. The van der Waals surface area contributed by atoms with Gasteiger partial charge >= 0.3 is 0 Å². The number of aromatic nitrogens is 3. The Balaban J connectivity index is 1.82. The van der Waals surface area contributed by atoms with Crippen LogP contribution in [0.2, 0.25) is 0 Å². The van der Waals surface area contributed by atoms with Crippen LogP contribution in [0, 0.1) is 0 Å². The molecule has 22 heavy (non-hydrogen) atoms. The first-order chi connectivity index (χ1) is 10.8. The number of fused-ring (bicyclic) bond motifs is 2. The summed E-state index contributed by atoms with van der Waals surface area (Å²) in [4.78, 5) is 16.3. The highest BCUT2D eigenvalue weighted by atomic mass is 16.1. The second-order valence-corrected chi connectivity index (χ2v) is 5.26. The van der Waals surface area contributed by atoms with Gasteiger partial charge in [0.2, 0.25) is 0 Å². The molecule has 0 radical (unpaired) electrons. The van der Waals surface area contributed by atoms with Crippen LogP contribution in [0.15, 0.2) is 65.6 Å². The molecule has 0 aliphatic rings. The van der Waals surface area contributed by atoms with Crippen molar-refractivity contribution in [2.45, 2.75) is 6.42 Å². The van der Waals surface area contributed by atoms with Gasteiger partial charge in [-0.15, -0.1) is 0 Å². The summed E-state index contributed by atoms with van der Waals surface area (Å²) in [6.07, 6.45) is 2.50. The van der Waals surface area contributed by atoms with Gasteiger partial charge in [0.1, 0.15) is 0 Å². The van der Waals surface area contributed by atoms with E-state index in [1.165, 1.54) is 0 Å². The minimum Gasteiger partial charge on any atom is -0.267 e. The summed E-state index contributed by atoms with van der Waals surface area (Å²) < 4.78 is 0. The summed E-state index contributed by atoms with van der Waals surface area (Å²) in [5.74, 6) is 0. The largest absolute Gasteiger partial charge is 0.272 e. The Labute approximate surface area is 126 Å². The zero-order chi connectivity index (χ0) is 14.9. The lowest BCUT2D eigenvalue weighted by molar-refractivity contribution is 0.932. The van der Waals surface area contributed by atoms with Crippen molar-refractivity contribution in [3.63, 3.8) is 0 Å². The third-order valence-corrected chi connectivity index (χ3v) is 3.79. The third-order valence-electron chi connectivity index (χ3n) is 3.79. The molecule has 0 amide bonds. The van der Waals surface area contributed by atoms with Crippen LogP contribution in [0.3, 0.4) is 0 Å². The fourth-order valence-corrected chi connectivity index (χ4v) is 2.71. The maximum atomic E-state index is 11.8. The van der Waals surface area contributed by atoms with Crippen LogP contribution < -0.4 is 5.56 Å². The predicted octanol–water partition coefficient (Wildman–Crippen LogP) is 3.06. The van der Waals surface area contributed by atoms with E-state index in [1.807, 2.05) is 54.7 Å². The van der Waals surface area contributed by atoms with Crippen LogP contribution in [-0.4, -0.2) is 15.2 Å². The van der Waals surface area contributed by atoms with Gasteiger partial charge in [-0.05, 0) is 23.8 Å². The van der Waals surface area contributed by atoms with Gasteiger partial charge in [0.05, 0.1) is 16.6 Å². The highest BCUT2D eigenvalue weighted by Gasteiger charge is 2.07. The number of pyridine rings is 1. The molecule has 0 aliphatic carbocycles. The van der Waals surface area contributed by atoms with Crippen molar-refractivity contribution in [2.24, 2.45) is 0 Å². The highest BCUT2D eigenvalue weighted by Crippen LogP contribution is 2.18. The Kier molecular flexibility index (Phi) is 2.93. The van der Waals surface area contributed by atoms with Crippen LogP contribution in [-0.2, 0) is 6.42 Å². The molecule has 2 heterocycles. The van der Waals surface area contributed by atoms with E-state index in [2.05, 4.69) is 21.2 Å². The van der Waals surface area contributed by atoms with Crippen molar-refractivity contribution in [1.29, 1.82) is 0 Å². The quantitative estimate of drug-likeness (QED) is 0.616. The first kappa shape index (κ1) is 12.7. The lowest BCUT2D eigenvalue weighted by atomic mass is 10.0. The highest BCUT2D eigenvalue weighted by molar-refractivity contribution is 5.84. The van der Waals surface area contributed by atoms with Gasteiger partial charge in [-0.3, -0.25) is 9.78 Å². The second kappa shape index (κ2) is 5.07. The molecule has 0 saturated carbocycles. The molecule has 1 N–H and O–H groups in total. The van der Waals surface area contributed by atoms with Gasteiger partial charge in [-0.25, -0.2) is 5.10 Å². The van der Waals surface area contributed by atoms with Crippen molar-refractivity contribution < 1.29 is 0 Å². The minimum absolute atomic E-state index is 0.156. The van der Waals surface area contributed by atoms with Crippen LogP contribution >= 0.6 is 0 Å². The smallest absolute Gasteiger partial charge is 0.267 e. The van der Waals surface area contributed by atoms with E-state index in [-0.39, 0.29) is 5.56 Å². The monoisotopic (exact) mass is 287 g/mol. The summed E-state index contributed by atoms with van der Waals surface area (Å²) in [6.45, 7) is 0. The number of rotatable bonds is 2.